The number of nitro groups is 1. The number of piperidine rings is 1. The van der Waals surface area contributed by atoms with Crippen molar-refractivity contribution < 1.29 is 9.72 Å². The van der Waals surface area contributed by atoms with Crippen LogP contribution in [0, 0.1) is 24.0 Å². The van der Waals surface area contributed by atoms with Gasteiger partial charge in [-0.2, -0.15) is 5.10 Å². The molecule has 1 saturated heterocycles. The number of rotatable bonds is 7. The smallest absolute Gasteiger partial charge is 0.312 e. The van der Waals surface area contributed by atoms with E-state index < -0.39 is 4.92 Å². The highest BCUT2D eigenvalue weighted by Gasteiger charge is 2.22. The molecule has 1 amide bonds. The SMILES string of the molecule is Cc1nn(CC(=O)NCCCN2CCCCC2C)c(C)c1[N+](=O)[O-]. The molecule has 0 bridgehead atoms. The molecule has 0 aliphatic carbocycles. The Labute approximate surface area is 142 Å². The monoisotopic (exact) mass is 337 g/mol. The van der Waals surface area contributed by atoms with Gasteiger partial charge >= 0.3 is 5.69 Å². The minimum atomic E-state index is -0.453. The summed E-state index contributed by atoms with van der Waals surface area (Å²) in [6.45, 7) is 8.22. The maximum Gasteiger partial charge on any atom is 0.312 e. The van der Waals surface area contributed by atoms with Crippen molar-refractivity contribution in [1.29, 1.82) is 0 Å². The van der Waals surface area contributed by atoms with Crippen LogP contribution in [0.25, 0.3) is 0 Å². The molecule has 1 N–H and O–H groups in total. The van der Waals surface area contributed by atoms with Gasteiger partial charge in [0, 0.05) is 19.1 Å². The van der Waals surface area contributed by atoms with E-state index in [1.165, 1.54) is 23.9 Å². The summed E-state index contributed by atoms with van der Waals surface area (Å²) < 4.78 is 1.40. The van der Waals surface area contributed by atoms with Crippen LogP contribution in [0.2, 0.25) is 0 Å². The molecule has 0 spiro atoms. The number of likely N-dealkylation sites (tertiary alicyclic amines) is 1. The normalized spacial score (nSPS) is 18.5. The second-order valence-electron chi connectivity index (χ2n) is 6.52. The summed E-state index contributed by atoms with van der Waals surface area (Å²) in [5.41, 5.74) is 0.737. The van der Waals surface area contributed by atoms with Gasteiger partial charge in [0.25, 0.3) is 0 Å². The summed E-state index contributed by atoms with van der Waals surface area (Å²) in [6.07, 6.45) is 4.73. The predicted octanol–water partition coefficient (Wildman–Crippen LogP) is 1.79. The zero-order chi connectivity index (χ0) is 17.7. The topological polar surface area (TPSA) is 93.3 Å². The van der Waals surface area contributed by atoms with Gasteiger partial charge in [-0.1, -0.05) is 6.42 Å². The fraction of sp³-hybridized carbons (Fsp3) is 0.750. The molecular weight excluding hydrogens is 310 g/mol. The molecule has 1 fully saturated rings. The molecule has 134 valence electrons. The summed E-state index contributed by atoms with van der Waals surface area (Å²) in [7, 11) is 0. The van der Waals surface area contributed by atoms with Crippen molar-refractivity contribution in [3.63, 3.8) is 0 Å². The van der Waals surface area contributed by atoms with Crippen molar-refractivity contribution in [2.75, 3.05) is 19.6 Å². The van der Waals surface area contributed by atoms with Crippen molar-refractivity contribution in [1.82, 2.24) is 20.0 Å². The first-order chi connectivity index (χ1) is 11.4. The number of aryl methyl sites for hydroxylation is 1. The second kappa shape index (κ2) is 8.23. The maximum absolute atomic E-state index is 12.0. The second-order valence-corrected chi connectivity index (χ2v) is 6.52. The van der Waals surface area contributed by atoms with Gasteiger partial charge in [-0.3, -0.25) is 19.6 Å². The Morgan fingerprint density at radius 1 is 1.42 bits per heavy atom. The molecule has 24 heavy (non-hydrogen) atoms. The van der Waals surface area contributed by atoms with Crippen molar-refractivity contribution >= 4 is 11.6 Å². The first kappa shape index (κ1) is 18.4. The zero-order valence-electron chi connectivity index (χ0n) is 14.7. The maximum atomic E-state index is 12.0. The first-order valence-corrected chi connectivity index (χ1v) is 8.59. The van der Waals surface area contributed by atoms with Crippen LogP contribution in [0.3, 0.4) is 0 Å². The average molecular weight is 337 g/mol. The van der Waals surface area contributed by atoms with E-state index in [0.717, 1.165) is 19.5 Å². The van der Waals surface area contributed by atoms with Gasteiger partial charge in [-0.15, -0.1) is 0 Å². The van der Waals surface area contributed by atoms with E-state index in [1.807, 2.05) is 0 Å². The fourth-order valence-electron chi connectivity index (χ4n) is 3.30. The fourth-order valence-corrected chi connectivity index (χ4v) is 3.30. The van der Waals surface area contributed by atoms with E-state index in [-0.39, 0.29) is 18.1 Å². The van der Waals surface area contributed by atoms with E-state index in [0.29, 0.717) is 24.0 Å². The number of amides is 1. The van der Waals surface area contributed by atoms with Crippen LogP contribution in [0.1, 0.15) is 44.0 Å². The van der Waals surface area contributed by atoms with Crippen LogP contribution in [0.4, 0.5) is 5.69 Å². The highest BCUT2D eigenvalue weighted by Crippen LogP contribution is 2.21. The zero-order valence-corrected chi connectivity index (χ0v) is 14.7. The van der Waals surface area contributed by atoms with Gasteiger partial charge < -0.3 is 10.2 Å². The van der Waals surface area contributed by atoms with Crippen LogP contribution >= 0.6 is 0 Å². The lowest BCUT2D eigenvalue weighted by atomic mass is 10.0. The molecule has 1 aliphatic heterocycles. The van der Waals surface area contributed by atoms with E-state index >= 15 is 0 Å². The Balaban J connectivity index is 1.76. The Hall–Kier alpha value is -1.96. The molecule has 1 unspecified atom stereocenters. The van der Waals surface area contributed by atoms with Crippen molar-refractivity contribution in [3.05, 3.63) is 21.5 Å². The Morgan fingerprint density at radius 2 is 2.17 bits per heavy atom. The van der Waals surface area contributed by atoms with Crippen molar-refractivity contribution in [2.24, 2.45) is 0 Å². The first-order valence-electron chi connectivity index (χ1n) is 8.59. The molecule has 2 heterocycles. The minimum Gasteiger partial charge on any atom is -0.354 e. The minimum absolute atomic E-state index is 0.0121. The molecule has 1 aliphatic rings. The molecule has 8 nitrogen and oxygen atoms in total. The largest absolute Gasteiger partial charge is 0.354 e. The number of aromatic nitrogens is 2. The summed E-state index contributed by atoms with van der Waals surface area (Å²) in [6, 6.07) is 0.629. The molecule has 1 aromatic rings. The van der Waals surface area contributed by atoms with Crippen LogP contribution < -0.4 is 5.32 Å². The van der Waals surface area contributed by atoms with Crippen LogP contribution in [-0.2, 0) is 11.3 Å². The molecule has 1 atom stereocenters. The predicted molar refractivity (Wildman–Crippen MR) is 90.9 cm³/mol. The van der Waals surface area contributed by atoms with Gasteiger partial charge in [-0.05, 0) is 46.6 Å². The van der Waals surface area contributed by atoms with Crippen LogP contribution in [0.15, 0.2) is 0 Å². The molecule has 1 aromatic heterocycles. The van der Waals surface area contributed by atoms with E-state index in [4.69, 9.17) is 0 Å². The van der Waals surface area contributed by atoms with Crippen LogP contribution in [-0.4, -0.2) is 51.2 Å². The third-order valence-electron chi connectivity index (χ3n) is 4.70. The Kier molecular flexibility index (Phi) is 6.30. The highest BCUT2D eigenvalue weighted by molar-refractivity contribution is 5.75. The van der Waals surface area contributed by atoms with Crippen molar-refractivity contribution in [3.8, 4) is 0 Å². The summed E-state index contributed by atoms with van der Waals surface area (Å²) >= 11 is 0. The average Bonchev–Trinajstić information content (AvgIpc) is 2.79. The van der Waals surface area contributed by atoms with Crippen molar-refractivity contribution in [2.45, 2.75) is 59.0 Å². The third kappa shape index (κ3) is 4.53. The number of hydrogen-bond donors (Lipinski definition) is 1. The van der Waals surface area contributed by atoms with Gasteiger partial charge in [0.1, 0.15) is 17.9 Å². The molecule has 0 radical (unpaired) electrons. The number of carbonyl (C=O) groups excluding carboxylic acids is 1. The third-order valence-corrected chi connectivity index (χ3v) is 4.70. The molecule has 2 rings (SSSR count). The molecule has 8 heteroatoms. The number of carbonyl (C=O) groups is 1. The standard InChI is InChI=1S/C16H27N5O3/c1-12-7-4-5-9-19(12)10-6-8-17-15(22)11-20-14(3)16(21(23)24)13(2)18-20/h12H,4-11H2,1-3H3,(H,17,22). The van der Waals surface area contributed by atoms with Gasteiger partial charge in [0.2, 0.25) is 5.91 Å². The van der Waals surface area contributed by atoms with E-state index in [1.54, 1.807) is 13.8 Å². The highest BCUT2D eigenvalue weighted by atomic mass is 16.6. The van der Waals surface area contributed by atoms with E-state index in [2.05, 4.69) is 22.2 Å². The number of nitrogens with one attached hydrogen (secondary N) is 1. The van der Waals surface area contributed by atoms with Crippen LogP contribution in [0.5, 0.6) is 0 Å². The summed E-state index contributed by atoms with van der Waals surface area (Å²) in [4.78, 5) is 25.0. The Morgan fingerprint density at radius 3 is 2.79 bits per heavy atom. The number of hydrogen-bond acceptors (Lipinski definition) is 5. The lowest BCUT2D eigenvalue weighted by Gasteiger charge is -2.33. The molecule has 0 saturated carbocycles. The Bertz CT molecular complexity index is 599. The van der Waals surface area contributed by atoms with Gasteiger partial charge in [-0.25, -0.2) is 0 Å². The summed E-state index contributed by atoms with van der Waals surface area (Å²) in [5, 5.41) is 17.9. The number of nitrogens with zero attached hydrogens (tertiary/aromatic N) is 4. The van der Waals surface area contributed by atoms with Gasteiger partial charge in [0.15, 0.2) is 0 Å². The van der Waals surface area contributed by atoms with Gasteiger partial charge in [0.05, 0.1) is 4.92 Å². The molecule has 0 aromatic carbocycles. The molecular formula is C16H27N5O3. The van der Waals surface area contributed by atoms with E-state index in [9.17, 15) is 14.9 Å². The lowest BCUT2D eigenvalue weighted by Crippen LogP contribution is -2.39. The lowest BCUT2D eigenvalue weighted by molar-refractivity contribution is -0.386. The quantitative estimate of drug-likeness (QED) is 0.465. The summed E-state index contributed by atoms with van der Waals surface area (Å²) in [5.74, 6) is -0.165.